The SMILES string of the molecule is CC1(c2ccc3sc4ccc(N(c5ccc(-c6ccccc6)cc5)c5cccc6c5sc5ccccc56)cc4c3c2)c2ccccc2-c2ccccc21. The first kappa shape index (κ1) is 30.6. The first-order chi connectivity index (χ1) is 26.1. The molecular formula is C50H33NS2. The summed E-state index contributed by atoms with van der Waals surface area (Å²) in [5.74, 6) is 0. The van der Waals surface area contributed by atoms with E-state index >= 15 is 0 Å². The van der Waals surface area contributed by atoms with Crippen LogP contribution in [0.25, 0.3) is 62.6 Å². The highest BCUT2D eigenvalue weighted by molar-refractivity contribution is 7.26. The average Bonchev–Trinajstić information content (AvgIpc) is 3.87. The molecule has 1 nitrogen and oxygen atoms in total. The van der Waals surface area contributed by atoms with Gasteiger partial charge in [-0.15, -0.1) is 22.7 Å². The molecule has 1 aliphatic carbocycles. The summed E-state index contributed by atoms with van der Waals surface area (Å²) in [4.78, 5) is 2.46. The van der Waals surface area contributed by atoms with Crippen molar-refractivity contribution in [1.29, 1.82) is 0 Å². The minimum Gasteiger partial charge on any atom is -0.309 e. The zero-order valence-corrected chi connectivity index (χ0v) is 30.7. The minimum absolute atomic E-state index is 0.239. The quantitative estimate of drug-likeness (QED) is 0.172. The summed E-state index contributed by atoms with van der Waals surface area (Å²) >= 11 is 3.76. The third-order valence-electron chi connectivity index (χ3n) is 11.4. The molecule has 0 unspecified atom stereocenters. The largest absolute Gasteiger partial charge is 0.309 e. The molecule has 0 atom stereocenters. The van der Waals surface area contributed by atoms with E-state index in [2.05, 4.69) is 194 Å². The Morgan fingerprint density at radius 1 is 0.415 bits per heavy atom. The summed E-state index contributed by atoms with van der Waals surface area (Å²) in [6.45, 7) is 2.41. The van der Waals surface area contributed by atoms with Crippen molar-refractivity contribution in [3.05, 3.63) is 199 Å². The second-order valence-corrected chi connectivity index (χ2v) is 16.3. The van der Waals surface area contributed by atoms with Gasteiger partial charge in [-0.25, -0.2) is 0 Å². The van der Waals surface area contributed by atoms with Crippen molar-refractivity contribution in [2.75, 3.05) is 4.90 Å². The number of benzene rings is 8. The lowest BCUT2D eigenvalue weighted by molar-refractivity contribution is 0.715. The highest BCUT2D eigenvalue weighted by Crippen LogP contribution is 2.53. The van der Waals surface area contributed by atoms with Crippen molar-refractivity contribution in [3.8, 4) is 22.3 Å². The molecule has 53 heavy (non-hydrogen) atoms. The van der Waals surface area contributed by atoms with E-state index in [0.29, 0.717) is 0 Å². The molecule has 10 aromatic rings. The number of nitrogens with zero attached hydrogens (tertiary/aromatic N) is 1. The minimum atomic E-state index is -0.239. The van der Waals surface area contributed by atoms with Crippen molar-refractivity contribution in [2.24, 2.45) is 0 Å². The summed E-state index contributed by atoms with van der Waals surface area (Å²) in [5.41, 5.74) is 12.5. The van der Waals surface area contributed by atoms with Gasteiger partial charge in [-0.2, -0.15) is 0 Å². The van der Waals surface area contributed by atoms with Gasteiger partial charge in [0.15, 0.2) is 0 Å². The van der Waals surface area contributed by atoms with Gasteiger partial charge >= 0.3 is 0 Å². The maximum Gasteiger partial charge on any atom is 0.0640 e. The van der Waals surface area contributed by atoms with Crippen molar-refractivity contribution in [2.45, 2.75) is 12.3 Å². The van der Waals surface area contributed by atoms with E-state index in [9.17, 15) is 0 Å². The number of hydrogen-bond donors (Lipinski definition) is 0. The molecule has 2 aromatic heterocycles. The van der Waals surface area contributed by atoms with Crippen molar-refractivity contribution in [3.63, 3.8) is 0 Å². The molecular weight excluding hydrogens is 679 g/mol. The number of rotatable bonds is 5. The van der Waals surface area contributed by atoms with E-state index < -0.39 is 0 Å². The zero-order valence-electron chi connectivity index (χ0n) is 29.1. The van der Waals surface area contributed by atoms with Crippen molar-refractivity contribution in [1.82, 2.24) is 0 Å². The summed E-state index contributed by atoms with van der Waals surface area (Å²) in [7, 11) is 0. The van der Waals surface area contributed by atoms with Crippen LogP contribution in [0.15, 0.2) is 182 Å². The van der Waals surface area contributed by atoms with E-state index in [1.165, 1.54) is 85.0 Å². The van der Waals surface area contributed by atoms with E-state index in [-0.39, 0.29) is 5.41 Å². The Morgan fingerprint density at radius 3 is 1.77 bits per heavy atom. The third-order valence-corrected chi connectivity index (χ3v) is 13.7. The molecule has 0 spiro atoms. The van der Waals surface area contributed by atoms with Gasteiger partial charge in [0.2, 0.25) is 0 Å². The number of hydrogen-bond acceptors (Lipinski definition) is 3. The molecule has 250 valence electrons. The van der Waals surface area contributed by atoms with Gasteiger partial charge in [0, 0.05) is 52.4 Å². The van der Waals surface area contributed by atoms with Crippen LogP contribution in [-0.2, 0) is 5.41 Å². The van der Waals surface area contributed by atoms with E-state index in [0.717, 1.165) is 11.4 Å². The van der Waals surface area contributed by atoms with Gasteiger partial charge in [-0.3, -0.25) is 0 Å². The van der Waals surface area contributed by atoms with Gasteiger partial charge in [0.05, 0.1) is 10.4 Å². The Bertz CT molecular complexity index is 2980. The maximum absolute atomic E-state index is 2.47. The smallest absolute Gasteiger partial charge is 0.0640 e. The van der Waals surface area contributed by atoms with Crippen molar-refractivity contribution < 1.29 is 0 Å². The van der Waals surface area contributed by atoms with Crippen LogP contribution < -0.4 is 4.90 Å². The fourth-order valence-electron chi connectivity index (χ4n) is 8.75. The van der Waals surface area contributed by atoms with Crippen LogP contribution >= 0.6 is 22.7 Å². The maximum atomic E-state index is 2.47. The number of thiophene rings is 2. The fraction of sp³-hybridized carbons (Fsp3) is 0.0400. The summed E-state index contributed by atoms with van der Waals surface area (Å²) in [5, 5.41) is 5.21. The van der Waals surface area contributed by atoms with E-state index in [1.54, 1.807) is 0 Å². The second kappa shape index (κ2) is 11.8. The summed E-state index contributed by atoms with van der Waals surface area (Å²) in [6.07, 6.45) is 0. The molecule has 0 amide bonds. The molecule has 0 aliphatic heterocycles. The summed E-state index contributed by atoms with van der Waals surface area (Å²) in [6, 6.07) is 67.4. The highest BCUT2D eigenvalue weighted by atomic mass is 32.1. The van der Waals surface area contributed by atoms with Crippen LogP contribution in [0.5, 0.6) is 0 Å². The number of anilines is 3. The van der Waals surface area contributed by atoms with Gasteiger partial charge < -0.3 is 4.90 Å². The predicted octanol–water partition coefficient (Wildman–Crippen LogP) is 14.9. The second-order valence-electron chi connectivity index (χ2n) is 14.2. The lowest BCUT2D eigenvalue weighted by Gasteiger charge is -2.28. The van der Waals surface area contributed by atoms with E-state index in [4.69, 9.17) is 0 Å². The Morgan fingerprint density at radius 2 is 1.00 bits per heavy atom. The molecule has 3 heteroatoms. The average molecular weight is 712 g/mol. The standard InChI is InChI=1S/C50H33NS2/c1-50(43-18-8-5-14-37(43)38-15-6-9-19-44(38)50)34-24-28-47-41(30-34)42-31-36(27-29-48(42)52-47)51(35-25-22-33(23-26-35)32-12-3-2-4-13-32)45-20-11-17-40-39-16-7-10-21-46(39)53-49(40)45/h2-31H,1H3. The van der Waals surface area contributed by atoms with Crippen molar-refractivity contribution >= 4 is 80.1 Å². The third kappa shape index (κ3) is 4.61. The van der Waals surface area contributed by atoms with Crippen LogP contribution in [0.3, 0.4) is 0 Å². The molecule has 11 rings (SSSR count). The van der Waals surface area contributed by atoms with Gasteiger partial charge in [0.1, 0.15) is 0 Å². The molecule has 0 saturated carbocycles. The zero-order chi connectivity index (χ0) is 35.1. The lowest BCUT2D eigenvalue weighted by Crippen LogP contribution is -2.22. The topological polar surface area (TPSA) is 3.24 Å². The molecule has 0 saturated heterocycles. The van der Waals surface area contributed by atoms with Crippen LogP contribution in [0.1, 0.15) is 23.6 Å². The highest BCUT2D eigenvalue weighted by Gasteiger charge is 2.40. The lowest BCUT2D eigenvalue weighted by atomic mass is 9.74. The van der Waals surface area contributed by atoms with Gasteiger partial charge in [0.25, 0.3) is 0 Å². The molecule has 0 radical (unpaired) electrons. The Labute approximate surface area is 316 Å². The first-order valence-electron chi connectivity index (χ1n) is 18.2. The Kier molecular flexibility index (Phi) is 6.79. The van der Waals surface area contributed by atoms with Crippen LogP contribution in [0.4, 0.5) is 17.1 Å². The molecule has 8 aromatic carbocycles. The van der Waals surface area contributed by atoms with Gasteiger partial charge in [-0.05, 0) is 100 Å². The monoisotopic (exact) mass is 711 g/mol. The Hall–Kier alpha value is -6.00. The fourth-order valence-corrected chi connectivity index (χ4v) is 11.0. The van der Waals surface area contributed by atoms with E-state index in [1.807, 2.05) is 22.7 Å². The van der Waals surface area contributed by atoms with Gasteiger partial charge in [-0.1, -0.05) is 127 Å². The van der Waals surface area contributed by atoms with Crippen LogP contribution in [0, 0.1) is 0 Å². The van der Waals surface area contributed by atoms with Crippen LogP contribution in [0.2, 0.25) is 0 Å². The number of fused-ring (bicyclic) bond motifs is 9. The molecule has 0 N–H and O–H groups in total. The molecule has 1 aliphatic rings. The first-order valence-corrected chi connectivity index (χ1v) is 19.8. The summed E-state index contributed by atoms with van der Waals surface area (Å²) < 4.78 is 5.22. The molecule has 0 fully saturated rings. The molecule has 0 bridgehead atoms. The Balaban J connectivity index is 1.11. The molecule has 2 heterocycles. The van der Waals surface area contributed by atoms with Crippen LogP contribution in [-0.4, -0.2) is 0 Å². The predicted molar refractivity (Wildman–Crippen MR) is 230 cm³/mol. The normalized spacial score (nSPS) is 13.2.